The minimum absolute atomic E-state index is 0.752. The van der Waals surface area contributed by atoms with Crippen LogP contribution in [0.1, 0.15) is 32.6 Å². The van der Waals surface area contributed by atoms with E-state index in [1.54, 1.807) is 0 Å². The van der Waals surface area contributed by atoms with E-state index in [0.29, 0.717) is 0 Å². The van der Waals surface area contributed by atoms with Gasteiger partial charge in [0.05, 0.1) is 13.1 Å². The third-order valence-electron chi connectivity index (χ3n) is 1.95. The standard InChI is InChI=1S/C8H16N2/c1-8-5-3-2-4-6-9-10-7-8/h8H,2-7H2,1H3. The number of azo groups is 1. The Hall–Kier alpha value is -0.400. The molecule has 2 nitrogen and oxygen atoms in total. The van der Waals surface area contributed by atoms with Crippen LogP contribution < -0.4 is 0 Å². The van der Waals surface area contributed by atoms with Gasteiger partial charge >= 0.3 is 0 Å². The Kier molecular flexibility index (Phi) is 3.41. The van der Waals surface area contributed by atoms with Crippen molar-refractivity contribution in [1.29, 1.82) is 0 Å². The number of hydrogen-bond donors (Lipinski definition) is 0. The Morgan fingerprint density at radius 1 is 1.10 bits per heavy atom. The molecular formula is C8H16N2. The summed E-state index contributed by atoms with van der Waals surface area (Å²) in [5, 5.41) is 8.16. The van der Waals surface area contributed by atoms with Crippen LogP contribution in [-0.4, -0.2) is 13.1 Å². The van der Waals surface area contributed by atoms with Crippen molar-refractivity contribution in [3.8, 4) is 0 Å². The van der Waals surface area contributed by atoms with Crippen molar-refractivity contribution in [2.45, 2.75) is 32.6 Å². The third kappa shape index (κ3) is 2.95. The molecule has 0 aromatic carbocycles. The van der Waals surface area contributed by atoms with Crippen LogP contribution in [0.5, 0.6) is 0 Å². The third-order valence-corrected chi connectivity index (χ3v) is 1.95. The average Bonchev–Trinajstić information content (AvgIpc) is 2.02. The van der Waals surface area contributed by atoms with Gasteiger partial charge in [-0.05, 0) is 18.8 Å². The van der Waals surface area contributed by atoms with Crippen LogP contribution in [-0.2, 0) is 0 Å². The van der Waals surface area contributed by atoms with Crippen LogP contribution in [0.4, 0.5) is 0 Å². The van der Waals surface area contributed by atoms with Gasteiger partial charge in [-0.2, -0.15) is 10.2 Å². The lowest BCUT2D eigenvalue weighted by molar-refractivity contribution is 0.510. The molecule has 0 spiro atoms. The predicted molar refractivity (Wildman–Crippen MR) is 42.2 cm³/mol. The predicted octanol–water partition coefficient (Wildman–Crippen LogP) is 2.65. The maximum Gasteiger partial charge on any atom is 0.0624 e. The minimum Gasteiger partial charge on any atom is -0.194 e. The normalized spacial score (nSPS) is 28.7. The quantitative estimate of drug-likeness (QED) is 0.494. The van der Waals surface area contributed by atoms with Gasteiger partial charge in [0.2, 0.25) is 0 Å². The molecule has 0 fully saturated rings. The molecule has 0 amide bonds. The highest BCUT2D eigenvalue weighted by atomic mass is 15.1. The van der Waals surface area contributed by atoms with E-state index in [1.807, 2.05) is 0 Å². The van der Waals surface area contributed by atoms with Gasteiger partial charge in [-0.15, -0.1) is 0 Å². The van der Waals surface area contributed by atoms with Crippen LogP contribution >= 0.6 is 0 Å². The molecule has 0 radical (unpaired) electrons. The van der Waals surface area contributed by atoms with E-state index in [2.05, 4.69) is 17.2 Å². The Morgan fingerprint density at radius 2 is 2.00 bits per heavy atom. The molecule has 0 bridgehead atoms. The summed E-state index contributed by atoms with van der Waals surface area (Å²) in [6, 6.07) is 0. The van der Waals surface area contributed by atoms with E-state index in [0.717, 1.165) is 19.0 Å². The van der Waals surface area contributed by atoms with Gasteiger partial charge in [-0.25, -0.2) is 0 Å². The highest BCUT2D eigenvalue weighted by Gasteiger charge is 2.01. The first-order valence-corrected chi connectivity index (χ1v) is 4.23. The topological polar surface area (TPSA) is 24.7 Å². The lowest BCUT2D eigenvalue weighted by Crippen LogP contribution is -1.97. The lowest BCUT2D eigenvalue weighted by Gasteiger charge is -2.03. The Labute approximate surface area is 62.7 Å². The molecule has 1 unspecified atom stereocenters. The van der Waals surface area contributed by atoms with Crippen LogP contribution in [0.25, 0.3) is 0 Å². The van der Waals surface area contributed by atoms with Crippen LogP contribution in [0.2, 0.25) is 0 Å². The van der Waals surface area contributed by atoms with Crippen LogP contribution in [0.15, 0.2) is 10.2 Å². The van der Waals surface area contributed by atoms with Crippen molar-refractivity contribution >= 4 is 0 Å². The summed E-state index contributed by atoms with van der Waals surface area (Å²) in [6.07, 6.45) is 5.27. The first-order chi connectivity index (χ1) is 4.89. The molecule has 0 aliphatic carbocycles. The summed E-state index contributed by atoms with van der Waals surface area (Å²) in [7, 11) is 0. The fourth-order valence-electron chi connectivity index (χ4n) is 1.21. The second-order valence-electron chi connectivity index (χ2n) is 3.14. The zero-order chi connectivity index (χ0) is 7.23. The fourth-order valence-corrected chi connectivity index (χ4v) is 1.21. The monoisotopic (exact) mass is 140 g/mol. The van der Waals surface area contributed by atoms with Crippen molar-refractivity contribution in [2.24, 2.45) is 16.1 Å². The Morgan fingerprint density at radius 3 is 2.90 bits per heavy atom. The van der Waals surface area contributed by atoms with Crippen molar-refractivity contribution in [3.63, 3.8) is 0 Å². The first-order valence-electron chi connectivity index (χ1n) is 4.23. The molecule has 0 saturated carbocycles. The van der Waals surface area contributed by atoms with Crippen LogP contribution in [0, 0.1) is 5.92 Å². The molecule has 1 aliphatic heterocycles. The highest BCUT2D eigenvalue weighted by Crippen LogP contribution is 2.11. The average molecular weight is 140 g/mol. The summed E-state index contributed by atoms with van der Waals surface area (Å²) in [6.45, 7) is 4.15. The SMILES string of the molecule is CC1CCCCCN=NC1. The molecule has 1 heterocycles. The largest absolute Gasteiger partial charge is 0.194 e. The van der Waals surface area contributed by atoms with E-state index in [9.17, 15) is 0 Å². The maximum absolute atomic E-state index is 4.10. The van der Waals surface area contributed by atoms with Crippen molar-refractivity contribution < 1.29 is 0 Å². The second-order valence-corrected chi connectivity index (χ2v) is 3.14. The smallest absolute Gasteiger partial charge is 0.0624 e. The van der Waals surface area contributed by atoms with Crippen molar-refractivity contribution in [2.75, 3.05) is 13.1 Å². The first kappa shape index (κ1) is 7.70. The van der Waals surface area contributed by atoms with E-state index >= 15 is 0 Å². The maximum atomic E-state index is 4.10. The summed E-state index contributed by atoms with van der Waals surface area (Å²) in [5.41, 5.74) is 0. The van der Waals surface area contributed by atoms with E-state index in [1.165, 1.54) is 25.7 Å². The molecule has 0 saturated heterocycles. The number of hydrogen-bond acceptors (Lipinski definition) is 2. The Balaban J connectivity index is 2.26. The highest BCUT2D eigenvalue weighted by molar-refractivity contribution is 4.58. The fraction of sp³-hybridized carbons (Fsp3) is 1.00. The zero-order valence-electron chi connectivity index (χ0n) is 6.71. The van der Waals surface area contributed by atoms with Gasteiger partial charge in [0.1, 0.15) is 0 Å². The van der Waals surface area contributed by atoms with Crippen molar-refractivity contribution in [1.82, 2.24) is 0 Å². The van der Waals surface area contributed by atoms with Gasteiger partial charge < -0.3 is 0 Å². The number of nitrogens with zero attached hydrogens (tertiary/aromatic N) is 2. The molecule has 58 valence electrons. The summed E-state index contributed by atoms with van der Waals surface area (Å²) < 4.78 is 0. The summed E-state index contributed by atoms with van der Waals surface area (Å²) in [5.74, 6) is 0.752. The second kappa shape index (κ2) is 4.42. The molecule has 0 aromatic rings. The van der Waals surface area contributed by atoms with Crippen molar-refractivity contribution in [3.05, 3.63) is 0 Å². The van der Waals surface area contributed by atoms with Gasteiger partial charge in [0, 0.05) is 0 Å². The molecule has 0 aromatic heterocycles. The summed E-state index contributed by atoms with van der Waals surface area (Å²) in [4.78, 5) is 0. The number of rotatable bonds is 0. The van der Waals surface area contributed by atoms with Gasteiger partial charge in [-0.3, -0.25) is 0 Å². The molecular weight excluding hydrogens is 124 g/mol. The van der Waals surface area contributed by atoms with E-state index in [4.69, 9.17) is 0 Å². The summed E-state index contributed by atoms with van der Waals surface area (Å²) >= 11 is 0. The molecule has 10 heavy (non-hydrogen) atoms. The molecule has 0 N–H and O–H groups in total. The molecule has 1 rings (SSSR count). The van der Waals surface area contributed by atoms with Gasteiger partial charge in [0.15, 0.2) is 0 Å². The van der Waals surface area contributed by atoms with E-state index in [-0.39, 0.29) is 0 Å². The molecule has 2 heteroatoms. The van der Waals surface area contributed by atoms with Crippen LogP contribution in [0.3, 0.4) is 0 Å². The van der Waals surface area contributed by atoms with Gasteiger partial charge in [0.25, 0.3) is 0 Å². The molecule has 1 aliphatic rings. The van der Waals surface area contributed by atoms with E-state index < -0.39 is 0 Å². The Bertz CT molecular complexity index is 110. The molecule has 1 atom stereocenters. The zero-order valence-corrected chi connectivity index (χ0v) is 6.71. The lowest BCUT2D eigenvalue weighted by atomic mass is 10.0. The minimum atomic E-state index is 0.752. The van der Waals surface area contributed by atoms with Gasteiger partial charge in [-0.1, -0.05) is 19.8 Å².